The first-order chi connectivity index (χ1) is 8.94. The molecule has 1 aromatic carbocycles. The molecule has 0 atom stereocenters. The second kappa shape index (κ2) is 5.03. The summed E-state index contributed by atoms with van der Waals surface area (Å²) in [5.41, 5.74) is 2.51. The Bertz CT molecular complexity index is 498. The predicted molar refractivity (Wildman–Crippen MR) is 71.9 cm³/mol. The molecule has 0 spiro atoms. The third-order valence-corrected chi connectivity index (χ3v) is 3.91. The number of carbonyl (C=O) groups is 2. The van der Waals surface area contributed by atoms with Gasteiger partial charge in [0.2, 0.25) is 5.91 Å². The van der Waals surface area contributed by atoms with E-state index in [9.17, 15) is 9.59 Å². The fraction of sp³-hybridized carbons (Fsp3) is 0.467. The Labute approximate surface area is 112 Å². The quantitative estimate of drug-likeness (QED) is 0.849. The molecule has 0 bridgehead atoms. The third-order valence-electron chi connectivity index (χ3n) is 3.91. The molecule has 1 fully saturated rings. The molecule has 2 N–H and O–H groups in total. The van der Waals surface area contributed by atoms with Gasteiger partial charge >= 0.3 is 5.97 Å². The van der Waals surface area contributed by atoms with Crippen molar-refractivity contribution in [2.45, 2.75) is 33.1 Å². The van der Waals surface area contributed by atoms with Crippen molar-refractivity contribution in [1.29, 1.82) is 0 Å². The van der Waals surface area contributed by atoms with E-state index in [0.29, 0.717) is 19.3 Å². The van der Waals surface area contributed by atoms with Crippen molar-refractivity contribution in [1.82, 2.24) is 5.32 Å². The largest absolute Gasteiger partial charge is 0.481 e. The minimum absolute atomic E-state index is 0.107. The van der Waals surface area contributed by atoms with Gasteiger partial charge in [-0.3, -0.25) is 9.59 Å². The molecule has 1 saturated carbocycles. The summed E-state index contributed by atoms with van der Waals surface area (Å²) in [6.07, 6.45) is 1.63. The van der Waals surface area contributed by atoms with Gasteiger partial charge < -0.3 is 10.4 Å². The zero-order valence-electron chi connectivity index (χ0n) is 11.3. The Morgan fingerprint density at radius 2 is 1.84 bits per heavy atom. The maximum Gasteiger partial charge on any atom is 0.311 e. The van der Waals surface area contributed by atoms with E-state index >= 15 is 0 Å². The second-order valence-corrected chi connectivity index (χ2v) is 5.41. The van der Waals surface area contributed by atoms with Crippen molar-refractivity contribution in [3.05, 3.63) is 34.9 Å². The number of aryl methyl sites for hydroxylation is 2. The summed E-state index contributed by atoms with van der Waals surface area (Å²) in [6.45, 7) is 4.20. The van der Waals surface area contributed by atoms with Crippen LogP contribution in [0.4, 0.5) is 0 Å². The maximum absolute atomic E-state index is 11.9. The molecule has 102 valence electrons. The molecule has 1 aliphatic carbocycles. The fourth-order valence-corrected chi connectivity index (χ4v) is 2.24. The van der Waals surface area contributed by atoms with Gasteiger partial charge in [0.25, 0.3) is 0 Å². The second-order valence-electron chi connectivity index (χ2n) is 5.41. The number of amides is 1. The van der Waals surface area contributed by atoms with E-state index in [1.807, 2.05) is 32.0 Å². The lowest BCUT2D eigenvalue weighted by molar-refractivity contribution is -0.143. The van der Waals surface area contributed by atoms with Gasteiger partial charge in [-0.05, 0) is 43.4 Å². The first kappa shape index (κ1) is 13.6. The topological polar surface area (TPSA) is 66.4 Å². The van der Waals surface area contributed by atoms with Crippen LogP contribution in [-0.4, -0.2) is 23.5 Å². The number of carboxylic acid groups (broad SMARTS) is 1. The van der Waals surface area contributed by atoms with E-state index in [1.54, 1.807) is 0 Å². The Hall–Kier alpha value is -1.84. The van der Waals surface area contributed by atoms with Crippen LogP contribution in [0.3, 0.4) is 0 Å². The summed E-state index contributed by atoms with van der Waals surface area (Å²) in [5.74, 6) is -0.912. The monoisotopic (exact) mass is 261 g/mol. The van der Waals surface area contributed by atoms with Crippen LogP contribution < -0.4 is 5.32 Å². The summed E-state index contributed by atoms with van der Waals surface area (Å²) < 4.78 is 0. The van der Waals surface area contributed by atoms with Crippen molar-refractivity contribution < 1.29 is 14.7 Å². The lowest BCUT2D eigenvalue weighted by Crippen LogP contribution is -2.35. The number of carboxylic acids is 1. The van der Waals surface area contributed by atoms with Crippen molar-refractivity contribution in [2.75, 3.05) is 6.54 Å². The Morgan fingerprint density at radius 3 is 2.32 bits per heavy atom. The number of rotatable bonds is 5. The molecule has 2 rings (SSSR count). The number of hydrogen-bond acceptors (Lipinski definition) is 2. The Morgan fingerprint density at radius 1 is 1.26 bits per heavy atom. The SMILES string of the molecule is Cc1cccc(C)c1CC(=O)NCC1(C(=O)O)CC1. The molecule has 19 heavy (non-hydrogen) atoms. The van der Waals surface area contributed by atoms with E-state index in [4.69, 9.17) is 5.11 Å². The Balaban J connectivity index is 1.93. The summed E-state index contributed by atoms with van der Waals surface area (Å²) in [5, 5.41) is 11.8. The number of benzene rings is 1. The van der Waals surface area contributed by atoms with Crippen molar-refractivity contribution in [3.63, 3.8) is 0 Å². The maximum atomic E-state index is 11.9. The number of carbonyl (C=O) groups excluding carboxylic acids is 1. The Kier molecular flexibility index (Phi) is 3.60. The van der Waals surface area contributed by atoms with Gasteiger partial charge in [0.1, 0.15) is 0 Å². The van der Waals surface area contributed by atoms with Gasteiger partial charge in [0.15, 0.2) is 0 Å². The first-order valence-electron chi connectivity index (χ1n) is 6.50. The van der Waals surface area contributed by atoms with Crippen LogP contribution in [0.25, 0.3) is 0 Å². The molecule has 4 nitrogen and oxygen atoms in total. The van der Waals surface area contributed by atoms with Gasteiger partial charge in [0, 0.05) is 6.54 Å². The minimum atomic E-state index is -0.806. The van der Waals surface area contributed by atoms with Gasteiger partial charge in [-0.2, -0.15) is 0 Å². The zero-order valence-corrected chi connectivity index (χ0v) is 11.3. The molecule has 0 unspecified atom stereocenters. The summed E-state index contributed by atoms with van der Waals surface area (Å²) in [4.78, 5) is 22.9. The highest BCUT2D eigenvalue weighted by Gasteiger charge is 2.50. The van der Waals surface area contributed by atoms with Crippen LogP contribution in [0, 0.1) is 19.3 Å². The van der Waals surface area contributed by atoms with Crippen LogP contribution in [0.15, 0.2) is 18.2 Å². The fourth-order valence-electron chi connectivity index (χ4n) is 2.24. The highest BCUT2D eigenvalue weighted by atomic mass is 16.4. The van der Waals surface area contributed by atoms with Gasteiger partial charge in [-0.25, -0.2) is 0 Å². The van der Waals surface area contributed by atoms with E-state index in [1.165, 1.54) is 0 Å². The van der Waals surface area contributed by atoms with E-state index < -0.39 is 11.4 Å². The normalized spacial score (nSPS) is 15.9. The van der Waals surface area contributed by atoms with Crippen LogP contribution in [0.2, 0.25) is 0 Å². The summed E-state index contributed by atoms with van der Waals surface area (Å²) >= 11 is 0. The molecule has 1 aromatic rings. The van der Waals surface area contributed by atoms with Crippen LogP contribution in [0.5, 0.6) is 0 Å². The van der Waals surface area contributed by atoms with Crippen LogP contribution >= 0.6 is 0 Å². The van der Waals surface area contributed by atoms with Gasteiger partial charge in [-0.1, -0.05) is 18.2 Å². The lowest BCUT2D eigenvalue weighted by Gasteiger charge is -2.13. The van der Waals surface area contributed by atoms with Crippen molar-refractivity contribution in [3.8, 4) is 0 Å². The highest BCUT2D eigenvalue weighted by molar-refractivity contribution is 5.82. The van der Waals surface area contributed by atoms with Crippen molar-refractivity contribution in [2.24, 2.45) is 5.41 Å². The number of nitrogens with one attached hydrogen (secondary N) is 1. The zero-order chi connectivity index (χ0) is 14.0. The van der Waals surface area contributed by atoms with Gasteiger partial charge in [-0.15, -0.1) is 0 Å². The third kappa shape index (κ3) is 2.95. The molecule has 0 aromatic heterocycles. The first-order valence-corrected chi connectivity index (χ1v) is 6.50. The molecule has 0 aliphatic heterocycles. The molecule has 1 aliphatic rings. The van der Waals surface area contributed by atoms with E-state index in [0.717, 1.165) is 16.7 Å². The number of hydrogen-bond donors (Lipinski definition) is 2. The molecular formula is C15H19NO3. The molecular weight excluding hydrogens is 242 g/mol. The van der Waals surface area contributed by atoms with Crippen LogP contribution in [0.1, 0.15) is 29.5 Å². The molecule has 0 radical (unpaired) electrons. The van der Waals surface area contributed by atoms with E-state index in [-0.39, 0.29) is 12.5 Å². The lowest BCUT2D eigenvalue weighted by atomic mass is 9.99. The molecule has 0 heterocycles. The highest BCUT2D eigenvalue weighted by Crippen LogP contribution is 2.45. The number of aliphatic carboxylic acids is 1. The van der Waals surface area contributed by atoms with Crippen molar-refractivity contribution >= 4 is 11.9 Å². The average Bonchev–Trinajstić information content (AvgIpc) is 3.13. The van der Waals surface area contributed by atoms with Crippen LogP contribution in [-0.2, 0) is 16.0 Å². The minimum Gasteiger partial charge on any atom is -0.481 e. The standard InChI is InChI=1S/C15H19NO3/c1-10-4-3-5-11(2)12(10)8-13(17)16-9-15(6-7-15)14(18)19/h3-5H,6-9H2,1-2H3,(H,16,17)(H,18,19). The predicted octanol–water partition coefficient (Wildman–Crippen LogP) is 1.83. The smallest absolute Gasteiger partial charge is 0.311 e. The summed E-state index contributed by atoms with van der Waals surface area (Å²) in [6, 6.07) is 5.93. The van der Waals surface area contributed by atoms with E-state index in [2.05, 4.69) is 5.32 Å². The van der Waals surface area contributed by atoms with Gasteiger partial charge in [0.05, 0.1) is 11.8 Å². The summed E-state index contributed by atoms with van der Waals surface area (Å²) in [7, 11) is 0. The average molecular weight is 261 g/mol. The molecule has 0 saturated heterocycles. The molecule has 4 heteroatoms. The molecule has 1 amide bonds.